The van der Waals surface area contributed by atoms with Gasteiger partial charge in [-0.25, -0.2) is 9.78 Å². The van der Waals surface area contributed by atoms with E-state index in [2.05, 4.69) is 20.2 Å². The molecule has 3 aromatic rings. The van der Waals surface area contributed by atoms with Crippen LogP contribution in [-0.4, -0.2) is 74.6 Å². The fraction of sp³-hybridized carbons (Fsp3) is 0.360. The van der Waals surface area contributed by atoms with Crippen molar-refractivity contribution >= 4 is 34.4 Å². The first-order valence-electron chi connectivity index (χ1n) is 11.8. The first kappa shape index (κ1) is 22.2. The van der Waals surface area contributed by atoms with Crippen LogP contribution in [0.1, 0.15) is 0 Å². The summed E-state index contributed by atoms with van der Waals surface area (Å²) in [5.74, 6) is 1.72. The predicted molar refractivity (Wildman–Crippen MR) is 130 cm³/mol. The van der Waals surface area contributed by atoms with Crippen molar-refractivity contribution in [2.45, 2.75) is 6.10 Å². The molecule has 0 spiro atoms. The second kappa shape index (κ2) is 9.06. The number of rotatable bonds is 6. The van der Waals surface area contributed by atoms with Crippen molar-refractivity contribution in [3.05, 3.63) is 42.6 Å². The summed E-state index contributed by atoms with van der Waals surface area (Å²) in [7, 11) is 1.59. The average Bonchev–Trinajstić information content (AvgIpc) is 3.28. The topological polar surface area (TPSA) is 115 Å². The lowest BCUT2D eigenvalue weighted by Crippen LogP contribution is -2.52. The zero-order chi connectivity index (χ0) is 24.6. The molecule has 0 bridgehead atoms. The van der Waals surface area contributed by atoms with Gasteiger partial charge in [-0.2, -0.15) is 0 Å². The van der Waals surface area contributed by atoms with E-state index in [0.29, 0.717) is 42.8 Å². The number of hydrogen-bond donors (Lipinski definition) is 1. The number of pyridine rings is 2. The summed E-state index contributed by atoms with van der Waals surface area (Å²) in [6.45, 7) is 3.11. The Morgan fingerprint density at radius 1 is 1.11 bits per heavy atom. The zero-order valence-corrected chi connectivity index (χ0v) is 19.7. The number of carbonyl (C=O) groups excluding carboxylic acids is 2. The molecule has 11 heteroatoms. The molecule has 0 radical (unpaired) electrons. The molecule has 1 atom stereocenters. The molecular formula is C25H25N5O6. The molecule has 36 heavy (non-hydrogen) atoms. The van der Waals surface area contributed by atoms with Crippen molar-refractivity contribution in [3.63, 3.8) is 0 Å². The van der Waals surface area contributed by atoms with Crippen LogP contribution in [0.2, 0.25) is 0 Å². The van der Waals surface area contributed by atoms with Crippen molar-refractivity contribution in [1.82, 2.24) is 15.3 Å². The highest BCUT2D eigenvalue weighted by atomic mass is 16.6. The largest absolute Gasteiger partial charge is 0.486 e. The molecule has 2 fully saturated rings. The van der Waals surface area contributed by atoms with E-state index >= 15 is 0 Å². The van der Waals surface area contributed by atoms with Crippen LogP contribution < -0.4 is 29.3 Å². The van der Waals surface area contributed by atoms with E-state index in [4.69, 9.17) is 18.9 Å². The molecule has 2 saturated heterocycles. The third-order valence-corrected chi connectivity index (χ3v) is 6.55. The maximum atomic E-state index is 12.7. The van der Waals surface area contributed by atoms with Crippen molar-refractivity contribution in [3.8, 4) is 17.4 Å². The molecule has 6 rings (SSSR count). The van der Waals surface area contributed by atoms with Crippen LogP contribution in [-0.2, 0) is 9.53 Å². The van der Waals surface area contributed by atoms with Crippen molar-refractivity contribution in [1.29, 1.82) is 0 Å². The van der Waals surface area contributed by atoms with Crippen LogP contribution in [0.25, 0.3) is 11.0 Å². The maximum Gasteiger partial charge on any atom is 0.415 e. The van der Waals surface area contributed by atoms with E-state index in [1.165, 1.54) is 4.90 Å². The molecule has 1 aromatic carbocycles. The molecule has 0 saturated carbocycles. The van der Waals surface area contributed by atoms with Gasteiger partial charge in [0.2, 0.25) is 5.88 Å². The third kappa shape index (κ3) is 4.06. The molecule has 0 unspecified atom stereocenters. The first-order valence-corrected chi connectivity index (χ1v) is 11.8. The van der Waals surface area contributed by atoms with Gasteiger partial charge in [-0.1, -0.05) is 0 Å². The van der Waals surface area contributed by atoms with Crippen LogP contribution in [0.4, 0.5) is 16.2 Å². The van der Waals surface area contributed by atoms with Gasteiger partial charge in [0.25, 0.3) is 5.91 Å². The molecule has 5 heterocycles. The number of amides is 2. The van der Waals surface area contributed by atoms with Crippen LogP contribution in [0.5, 0.6) is 17.4 Å². The number of cyclic esters (lactones) is 1. The third-order valence-electron chi connectivity index (χ3n) is 6.55. The summed E-state index contributed by atoms with van der Waals surface area (Å²) in [6.07, 6.45) is 0.333. The SMILES string of the molecule is COc1ccc2nccc(N3CC(CNC(=O)[C@@H]4CN(c5ccc6c(c5)OCCO6)C(=O)O4)C3)c2n1. The van der Waals surface area contributed by atoms with Gasteiger partial charge >= 0.3 is 6.09 Å². The highest BCUT2D eigenvalue weighted by Crippen LogP contribution is 2.35. The van der Waals surface area contributed by atoms with E-state index in [-0.39, 0.29) is 18.4 Å². The molecule has 1 N–H and O–H groups in total. The Labute approximate surface area is 206 Å². The van der Waals surface area contributed by atoms with E-state index in [9.17, 15) is 9.59 Å². The van der Waals surface area contributed by atoms with E-state index in [1.807, 2.05) is 12.1 Å². The molecular weight excluding hydrogens is 466 g/mol. The van der Waals surface area contributed by atoms with Gasteiger partial charge in [0, 0.05) is 43.9 Å². The Morgan fingerprint density at radius 2 is 1.94 bits per heavy atom. The number of aromatic nitrogens is 2. The number of carbonyl (C=O) groups is 2. The van der Waals surface area contributed by atoms with Crippen LogP contribution in [0.3, 0.4) is 0 Å². The highest BCUT2D eigenvalue weighted by molar-refractivity contribution is 5.96. The zero-order valence-electron chi connectivity index (χ0n) is 19.7. The predicted octanol–water partition coefficient (Wildman–Crippen LogP) is 1.99. The van der Waals surface area contributed by atoms with Gasteiger partial charge in [-0.15, -0.1) is 0 Å². The Kier molecular flexibility index (Phi) is 5.59. The lowest BCUT2D eigenvalue weighted by molar-refractivity contribution is -0.127. The fourth-order valence-corrected chi connectivity index (χ4v) is 4.63. The second-order valence-corrected chi connectivity index (χ2v) is 8.88. The standard InChI is InChI=1S/C25H25N5O6/c1-33-22-5-3-17-23(28-22)18(6-7-26-17)29-12-15(13-29)11-27-24(31)21-14-30(25(32)36-21)16-2-4-19-20(10-16)35-9-8-34-19/h2-7,10,15,21H,8-9,11-14H2,1H3,(H,27,31)/t21-/m0/s1. The number of fused-ring (bicyclic) bond motifs is 2. The Morgan fingerprint density at radius 3 is 2.78 bits per heavy atom. The van der Waals surface area contributed by atoms with Crippen molar-refractivity contribution < 1.29 is 28.5 Å². The average molecular weight is 492 g/mol. The monoisotopic (exact) mass is 491 g/mol. The summed E-state index contributed by atoms with van der Waals surface area (Å²) >= 11 is 0. The molecule has 2 aromatic heterocycles. The molecule has 2 amide bonds. The van der Waals surface area contributed by atoms with Gasteiger partial charge in [-0.3, -0.25) is 14.7 Å². The smallest absolute Gasteiger partial charge is 0.415 e. The molecule has 3 aliphatic rings. The number of nitrogens with one attached hydrogen (secondary N) is 1. The van der Waals surface area contributed by atoms with E-state index < -0.39 is 12.2 Å². The minimum atomic E-state index is -0.873. The Balaban J connectivity index is 1.03. The van der Waals surface area contributed by atoms with Gasteiger partial charge in [0.1, 0.15) is 18.7 Å². The Bertz CT molecular complexity index is 1330. The first-order chi connectivity index (χ1) is 17.6. The summed E-state index contributed by atoms with van der Waals surface area (Å²) in [5, 5.41) is 2.93. The fourth-order valence-electron chi connectivity index (χ4n) is 4.63. The number of benzene rings is 1. The lowest BCUT2D eigenvalue weighted by Gasteiger charge is -2.41. The molecule has 3 aliphatic heterocycles. The molecule has 186 valence electrons. The molecule has 0 aliphatic carbocycles. The van der Waals surface area contributed by atoms with Crippen molar-refractivity contribution in [2.24, 2.45) is 5.92 Å². The van der Waals surface area contributed by atoms with Gasteiger partial charge in [0.15, 0.2) is 17.6 Å². The lowest BCUT2D eigenvalue weighted by atomic mass is 9.99. The minimum Gasteiger partial charge on any atom is -0.486 e. The van der Waals surface area contributed by atoms with Crippen molar-refractivity contribution in [2.75, 3.05) is 56.3 Å². The van der Waals surface area contributed by atoms with Crippen LogP contribution in [0.15, 0.2) is 42.6 Å². The summed E-state index contributed by atoms with van der Waals surface area (Å²) in [5.41, 5.74) is 3.18. The quantitative estimate of drug-likeness (QED) is 0.553. The summed E-state index contributed by atoms with van der Waals surface area (Å²) in [4.78, 5) is 37.7. The Hall–Kier alpha value is -4.28. The van der Waals surface area contributed by atoms with Crippen LogP contribution in [0, 0.1) is 5.92 Å². The minimum absolute atomic E-state index is 0.137. The second-order valence-electron chi connectivity index (χ2n) is 8.88. The van der Waals surface area contributed by atoms with E-state index in [1.54, 1.807) is 37.6 Å². The van der Waals surface area contributed by atoms with Gasteiger partial charge < -0.3 is 29.2 Å². The number of anilines is 2. The number of nitrogens with zero attached hydrogens (tertiary/aromatic N) is 4. The summed E-state index contributed by atoms with van der Waals surface area (Å²) in [6, 6.07) is 10.9. The number of ether oxygens (including phenoxy) is 4. The maximum absolute atomic E-state index is 12.7. The van der Waals surface area contributed by atoms with E-state index in [0.717, 1.165) is 29.8 Å². The van der Waals surface area contributed by atoms with Gasteiger partial charge in [-0.05, 0) is 24.3 Å². The van der Waals surface area contributed by atoms with Gasteiger partial charge in [0.05, 0.1) is 30.5 Å². The van der Waals surface area contributed by atoms with Crippen LogP contribution >= 0.6 is 0 Å². The number of methoxy groups -OCH3 is 1. The normalized spacial score (nSPS) is 19.1. The highest BCUT2D eigenvalue weighted by Gasteiger charge is 2.38. The molecule has 11 nitrogen and oxygen atoms in total. The summed E-state index contributed by atoms with van der Waals surface area (Å²) < 4.78 is 21.7. The number of hydrogen-bond acceptors (Lipinski definition) is 9.